The van der Waals surface area contributed by atoms with Gasteiger partial charge in [-0.25, -0.2) is 0 Å². The number of rotatable bonds is 10. The van der Waals surface area contributed by atoms with Crippen molar-refractivity contribution in [2.24, 2.45) is 0 Å². The smallest absolute Gasteiger partial charge is 0.307 e. The fourth-order valence-corrected chi connectivity index (χ4v) is 3.17. The quantitative estimate of drug-likeness (QED) is 0.482. The summed E-state index contributed by atoms with van der Waals surface area (Å²) in [6.45, 7) is 0.0407. The summed E-state index contributed by atoms with van der Waals surface area (Å²) in [5.74, 6) is 0.663. The molecule has 0 spiro atoms. The Labute approximate surface area is 185 Å². The van der Waals surface area contributed by atoms with Crippen molar-refractivity contribution in [3.63, 3.8) is 0 Å². The fourth-order valence-electron chi connectivity index (χ4n) is 2.99. The third-order valence-corrected chi connectivity index (χ3v) is 4.68. The average molecular weight is 443 g/mol. The number of carboxylic acid groups (broad SMARTS) is 1. The second kappa shape index (κ2) is 10.7. The second-order valence-electron chi connectivity index (χ2n) is 6.87. The molecule has 0 aliphatic rings. The third kappa shape index (κ3) is 6.64. The van der Waals surface area contributed by atoms with Crippen molar-refractivity contribution in [3.8, 4) is 28.4 Å². The molecule has 7 heteroatoms. The van der Waals surface area contributed by atoms with Crippen LogP contribution in [-0.2, 0) is 11.2 Å². The molecule has 0 bridgehead atoms. The zero-order valence-corrected chi connectivity index (χ0v) is 17.7. The molecular formula is C24H23ClO6. The van der Waals surface area contributed by atoms with Gasteiger partial charge in [0.15, 0.2) is 11.5 Å². The van der Waals surface area contributed by atoms with E-state index < -0.39 is 12.1 Å². The molecule has 1 unspecified atom stereocenters. The molecule has 3 aromatic rings. The Hall–Kier alpha value is -3.22. The van der Waals surface area contributed by atoms with Gasteiger partial charge in [-0.05, 0) is 47.0 Å². The van der Waals surface area contributed by atoms with Crippen LogP contribution in [0.2, 0.25) is 5.02 Å². The Kier molecular flexibility index (Phi) is 7.76. The molecule has 0 amide bonds. The van der Waals surface area contributed by atoms with E-state index in [1.54, 1.807) is 42.5 Å². The Balaban J connectivity index is 1.67. The number of hydrogen-bond acceptors (Lipinski definition) is 5. The lowest BCUT2D eigenvalue weighted by molar-refractivity contribution is -0.136. The lowest BCUT2D eigenvalue weighted by Gasteiger charge is -2.16. The first-order valence-electron chi connectivity index (χ1n) is 9.63. The minimum Gasteiger partial charge on any atom is -0.493 e. The van der Waals surface area contributed by atoms with Crippen LogP contribution in [0.15, 0.2) is 66.7 Å². The number of carboxylic acids is 1. The molecule has 3 aromatic carbocycles. The number of aliphatic hydroxyl groups excluding tert-OH is 1. The van der Waals surface area contributed by atoms with E-state index in [0.29, 0.717) is 27.8 Å². The van der Waals surface area contributed by atoms with Crippen LogP contribution in [0.3, 0.4) is 0 Å². The van der Waals surface area contributed by atoms with E-state index in [-0.39, 0.29) is 19.6 Å². The maximum atomic E-state index is 11.0. The minimum absolute atomic E-state index is 0.000563. The van der Waals surface area contributed by atoms with Crippen molar-refractivity contribution < 1.29 is 29.2 Å². The van der Waals surface area contributed by atoms with E-state index in [2.05, 4.69) is 0 Å². The van der Waals surface area contributed by atoms with Crippen LogP contribution in [0.1, 0.15) is 5.56 Å². The van der Waals surface area contributed by atoms with Crippen molar-refractivity contribution in [1.29, 1.82) is 0 Å². The first-order valence-corrected chi connectivity index (χ1v) is 10.0. The molecule has 3 rings (SSSR count). The van der Waals surface area contributed by atoms with Crippen LogP contribution in [0, 0.1) is 0 Å². The topological polar surface area (TPSA) is 85.2 Å². The highest BCUT2D eigenvalue weighted by Gasteiger charge is 2.12. The van der Waals surface area contributed by atoms with E-state index in [0.717, 1.165) is 11.1 Å². The van der Waals surface area contributed by atoms with Crippen LogP contribution < -0.4 is 14.2 Å². The molecule has 1 atom stereocenters. The number of hydrogen-bond donors (Lipinski definition) is 2. The molecule has 0 radical (unpaired) electrons. The zero-order chi connectivity index (χ0) is 22.2. The lowest BCUT2D eigenvalue weighted by Crippen LogP contribution is -2.25. The largest absolute Gasteiger partial charge is 0.493 e. The molecule has 0 saturated carbocycles. The number of halogens is 1. The summed E-state index contributed by atoms with van der Waals surface area (Å²) in [4.78, 5) is 11.0. The van der Waals surface area contributed by atoms with Gasteiger partial charge in [-0.3, -0.25) is 4.79 Å². The summed E-state index contributed by atoms with van der Waals surface area (Å²) in [6.07, 6.45) is -0.919. The van der Waals surface area contributed by atoms with E-state index in [4.69, 9.17) is 30.9 Å². The predicted molar refractivity (Wildman–Crippen MR) is 118 cm³/mol. The molecule has 31 heavy (non-hydrogen) atoms. The van der Waals surface area contributed by atoms with Gasteiger partial charge in [-0.15, -0.1) is 0 Å². The summed E-state index contributed by atoms with van der Waals surface area (Å²) in [7, 11) is 1.54. The average Bonchev–Trinajstić information content (AvgIpc) is 2.76. The van der Waals surface area contributed by atoms with Gasteiger partial charge in [-0.2, -0.15) is 0 Å². The number of benzene rings is 3. The van der Waals surface area contributed by atoms with Crippen LogP contribution in [0.4, 0.5) is 0 Å². The number of ether oxygens (including phenoxy) is 3. The van der Waals surface area contributed by atoms with Crippen molar-refractivity contribution in [1.82, 2.24) is 0 Å². The molecule has 0 aromatic heterocycles. The molecule has 0 aliphatic carbocycles. The summed E-state index contributed by atoms with van der Waals surface area (Å²) in [6, 6.07) is 19.7. The van der Waals surface area contributed by atoms with E-state index in [9.17, 15) is 9.90 Å². The predicted octanol–water partition coefficient (Wildman–Crippen LogP) is 4.46. The molecule has 162 valence electrons. The number of aliphatic hydroxyl groups is 1. The maximum absolute atomic E-state index is 11.0. The molecule has 0 aliphatic heterocycles. The van der Waals surface area contributed by atoms with E-state index >= 15 is 0 Å². The van der Waals surface area contributed by atoms with Crippen molar-refractivity contribution in [2.75, 3.05) is 20.3 Å². The highest BCUT2D eigenvalue weighted by atomic mass is 35.5. The molecule has 0 fully saturated rings. The van der Waals surface area contributed by atoms with Gasteiger partial charge in [0, 0.05) is 5.02 Å². The Morgan fingerprint density at radius 1 is 0.935 bits per heavy atom. The van der Waals surface area contributed by atoms with Gasteiger partial charge in [-0.1, -0.05) is 48.0 Å². The Bertz CT molecular complexity index is 1040. The van der Waals surface area contributed by atoms with Crippen molar-refractivity contribution in [2.45, 2.75) is 12.5 Å². The van der Waals surface area contributed by atoms with E-state index in [1.807, 2.05) is 24.3 Å². The Morgan fingerprint density at radius 2 is 1.68 bits per heavy atom. The Morgan fingerprint density at radius 3 is 2.42 bits per heavy atom. The number of carbonyl (C=O) groups is 1. The first-order chi connectivity index (χ1) is 14.9. The van der Waals surface area contributed by atoms with Gasteiger partial charge in [0.05, 0.1) is 13.5 Å². The van der Waals surface area contributed by atoms with Gasteiger partial charge in [0.1, 0.15) is 25.1 Å². The van der Waals surface area contributed by atoms with Gasteiger partial charge in [0.25, 0.3) is 0 Å². The first kappa shape index (κ1) is 22.5. The lowest BCUT2D eigenvalue weighted by atomic mass is 10.0. The summed E-state index contributed by atoms with van der Waals surface area (Å²) >= 11 is 5.92. The molecule has 0 heterocycles. The molecule has 0 saturated heterocycles. The standard InChI is InChI=1S/C24H23ClO6/c1-29-22-9-8-18(17-5-2-4-16(10-17)11-24(27)28)12-23(22)31-15-20(26)14-30-21-7-3-6-19(25)13-21/h2-10,12-13,20,26H,11,14-15H2,1H3,(H,27,28). The van der Waals surface area contributed by atoms with Crippen molar-refractivity contribution >= 4 is 17.6 Å². The molecule has 2 N–H and O–H groups in total. The van der Waals surface area contributed by atoms with Crippen LogP contribution in [-0.4, -0.2) is 42.6 Å². The highest BCUT2D eigenvalue weighted by molar-refractivity contribution is 6.30. The monoisotopic (exact) mass is 442 g/mol. The van der Waals surface area contributed by atoms with E-state index in [1.165, 1.54) is 7.11 Å². The molecule has 6 nitrogen and oxygen atoms in total. The normalized spacial score (nSPS) is 11.6. The van der Waals surface area contributed by atoms with Crippen LogP contribution in [0.5, 0.6) is 17.2 Å². The SMILES string of the molecule is COc1ccc(-c2cccc(CC(=O)O)c2)cc1OCC(O)COc1cccc(Cl)c1. The maximum Gasteiger partial charge on any atom is 0.307 e. The van der Waals surface area contributed by atoms with Gasteiger partial charge < -0.3 is 24.4 Å². The summed E-state index contributed by atoms with van der Waals surface area (Å²) < 4.78 is 16.7. The zero-order valence-electron chi connectivity index (χ0n) is 17.0. The van der Waals surface area contributed by atoms with Crippen LogP contribution >= 0.6 is 11.6 Å². The molecular weight excluding hydrogens is 420 g/mol. The summed E-state index contributed by atoms with van der Waals surface area (Å²) in [5.41, 5.74) is 2.40. The highest BCUT2D eigenvalue weighted by Crippen LogP contribution is 2.33. The summed E-state index contributed by atoms with van der Waals surface area (Å²) in [5, 5.41) is 19.8. The van der Waals surface area contributed by atoms with Gasteiger partial charge >= 0.3 is 5.97 Å². The number of methoxy groups -OCH3 is 1. The fraction of sp³-hybridized carbons (Fsp3) is 0.208. The van der Waals surface area contributed by atoms with Gasteiger partial charge in [0.2, 0.25) is 0 Å². The third-order valence-electron chi connectivity index (χ3n) is 4.45. The minimum atomic E-state index is -0.884. The van der Waals surface area contributed by atoms with Crippen LogP contribution in [0.25, 0.3) is 11.1 Å². The second-order valence-corrected chi connectivity index (χ2v) is 7.31. The number of aliphatic carboxylic acids is 1. The van der Waals surface area contributed by atoms with Crippen molar-refractivity contribution in [3.05, 3.63) is 77.3 Å².